The second-order valence-corrected chi connectivity index (χ2v) is 11.0. The molecule has 0 bridgehead atoms. The van der Waals surface area contributed by atoms with E-state index in [-0.39, 0.29) is 22.9 Å². The Morgan fingerprint density at radius 1 is 0.500 bits per heavy atom. The third-order valence-electron chi connectivity index (χ3n) is 5.24. The fourth-order valence-electron chi connectivity index (χ4n) is 3.30. The van der Waals surface area contributed by atoms with Crippen molar-refractivity contribution < 1.29 is 36.2 Å². The van der Waals surface area contributed by atoms with Gasteiger partial charge < -0.3 is 10.2 Å². The molecule has 4 rings (SSSR count). The van der Waals surface area contributed by atoms with E-state index < -0.39 is 30.0 Å². The summed E-state index contributed by atoms with van der Waals surface area (Å²) < 4.78 is 67.3. The molecule has 0 aliphatic carbocycles. The Balaban J connectivity index is 1.63. The number of nitrogens with zero attached hydrogens (tertiary/aromatic N) is 4. The highest BCUT2D eigenvalue weighted by Crippen LogP contribution is 2.31. The maximum Gasteiger partial charge on any atom is 0.296 e. The first-order valence-corrected chi connectivity index (χ1v) is 14.1. The van der Waals surface area contributed by atoms with Gasteiger partial charge in [-0.15, -0.1) is 10.2 Å². The predicted molar refractivity (Wildman–Crippen MR) is 146 cm³/mol. The normalized spacial score (nSPS) is 12.6. The highest BCUT2D eigenvalue weighted by molar-refractivity contribution is 7.86. The van der Waals surface area contributed by atoms with E-state index in [9.17, 15) is 36.2 Å². The molecule has 0 aliphatic heterocycles. The van der Waals surface area contributed by atoms with Crippen LogP contribution in [0.15, 0.2) is 115 Å². The SMILES string of the molecule is O=S(=O)(O)c1cc(/C=C/c2ccc(/N=N/c3ccc(O)cc3)c(S(=O)(=O)O)c2)ccc1/N=N/c1ccc(O)cc1. The molecular formula is C26H20N4O8S2. The zero-order valence-electron chi connectivity index (χ0n) is 20.3. The van der Waals surface area contributed by atoms with Crippen LogP contribution in [0.1, 0.15) is 11.1 Å². The van der Waals surface area contributed by atoms with E-state index in [1.165, 1.54) is 84.9 Å². The lowest BCUT2D eigenvalue weighted by molar-refractivity contribution is 0.475. The maximum absolute atomic E-state index is 12.0. The fourth-order valence-corrected chi connectivity index (χ4v) is 4.62. The monoisotopic (exact) mass is 580 g/mol. The summed E-state index contributed by atoms with van der Waals surface area (Å²) in [5, 5.41) is 34.3. The molecule has 40 heavy (non-hydrogen) atoms. The van der Waals surface area contributed by atoms with E-state index in [1.54, 1.807) is 0 Å². The number of azo groups is 2. The van der Waals surface area contributed by atoms with Crippen LogP contribution < -0.4 is 0 Å². The Bertz CT molecular complexity index is 1720. The second kappa shape index (κ2) is 11.5. The van der Waals surface area contributed by atoms with Gasteiger partial charge in [0.15, 0.2) is 0 Å². The molecule has 14 heteroatoms. The van der Waals surface area contributed by atoms with Crippen molar-refractivity contribution in [1.29, 1.82) is 0 Å². The molecule has 0 aromatic heterocycles. The lowest BCUT2D eigenvalue weighted by atomic mass is 10.1. The predicted octanol–water partition coefficient (Wildman–Crippen LogP) is 6.59. The van der Waals surface area contributed by atoms with Gasteiger partial charge in [-0.25, -0.2) is 0 Å². The zero-order chi connectivity index (χ0) is 28.9. The molecule has 0 atom stereocenters. The summed E-state index contributed by atoms with van der Waals surface area (Å²) in [6, 6.07) is 19.3. The van der Waals surface area contributed by atoms with Crippen LogP contribution in [0.25, 0.3) is 12.2 Å². The van der Waals surface area contributed by atoms with Crippen LogP contribution in [0.2, 0.25) is 0 Å². The zero-order valence-corrected chi connectivity index (χ0v) is 21.9. The standard InChI is InChI=1S/C26H20N4O8S2/c31-21-9-5-19(6-10-21)27-29-23-13-3-17(15-25(23)39(33,34)35)1-2-18-4-14-24(26(16-18)40(36,37)38)30-28-20-7-11-22(32)12-8-20/h1-16,31-32H,(H,33,34,35)(H,36,37,38)/b2-1+,29-27+,30-28+. The number of rotatable bonds is 8. The molecular weight excluding hydrogens is 560 g/mol. The minimum absolute atomic E-state index is 0.0190. The highest BCUT2D eigenvalue weighted by Gasteiger charge is 2.17. The van der Waals surface area contributed by atoms with E-state index in [2.05, 4.69) is 20.5 Å². The summed E-state index contributed by atoms with van der Waals surface area (Å²) >= 11 is 0. The maximum atomic E-state index is 12.0. The van der Waals surface area contributed by atoms with Crippen molar-refractivity contribution in [2.24, 2.45) is 20.5 Å². The van der Waals surface area contributed by atoms with E-state index in [1.807, 2.05) is 0 Å². The van der Waals surface area contributed by atoms with Gasteiger partial charge in [-0.2, -0.15) is 27.1 Å². The third-order valence-corrected chi connectivity index (χ3v) is 7.00. The highest BCUT2D eigenvalue weighted by atomic mass is 32.2. The van der Waals surface area contributed by atoms with Gasteiger partial charge in [0.25, 0.3) is 20.2 Å². The van der Waals surface area contributed by atoms with Gasteiger partial charge in [-0.3, -0.25) is 9.11 Å². The van der Waals surface area contributed by atoms with Crippen LogP contribution in [0, 0.1) is 0 Å². The van der Waals surface area contributed by atoms with Crippen molar-refractivity contribution >= 4 is 55.1 Å². The molecule has 204 valence electrons. The molecule has 0 saturated carbocycles. The average molecular weight is 581 g/mol. The van der Waals surface area contributed by atoms with Crippen molar-refractivity contribution in [3.63, 3.8) is 0 Å². The molecule has 0 aliphatic rings. The van der Waals surface area contributed by atoms with Crippen LogP contribution in [0.3, 0.4) is 0 Å². The first-order valence-electron chi connectivity index (χ1n) is 11.2. The molecule has 0 fully saturated rings. The van der Waals surface area contributed by atoms with Gasteiger partial charge in [0.05, 0.1) is 11.4 Å². The Kier molecular flexibility index (Phi) is 8.16. The molecule has 0 radical (unpaired) electrons. The Morgan fingerprint density at radius 2 is 0.850 bits per heavy atom. The van der Waals surface area contributed by atoms with E-state index in [4.69, 9.17) is 0 Å². The van der Waals surface area contributed by atoms with Crippen LogP contribution in [-0.4, -0.2) is 36.2 Å². The first-order chi connectivity index (χ1) is 18.9. The molecule has 12 nitrogen and oxygen atoms in total. The average Bonchev–Trinajstić information content (AvgIpc) is 2.90. The van der Waals surface area contributed by atoms with Crippen LogP contribution in [-0.2, 0) is 20.2 Å². The summed E-state index contributed by atoms with van der Waals surface area (Å²) in [7, 11) is -9.38. The number of benzene rings is 4. The second-order valence-electron chi connectivity index (χ2n) is 8.17. The van der Waals surface area contributed by atoms with E-state index in [0.29, 0.717) is 22.5 Å². The summed E-state index contributed by atoms with van der Waals surface area (Å²) in [5.41, 5.74) is 1.04. The van der Waals surface area contributed by atoms with Gasteiger partial charge in [0.1, 0.15) is 32.7 Å². The van der Waals surface area contributed by atoms with Crippen LogP contribution in [0.5, 0.6) is 11.5 Å². The number of hydrogen-bond acceptors (Lipinski definition) is 10. The van der Waals surface area contributed by atoms with Gasteiger partial charge >= 0.3 is 0 Å². The quantitative estimate of drug-likeness (QED) is 0.101. The molecule has 0 saturated heterocycles. The third kappa shape index (κ3) is 7.42. The van der Waals surface area contributed by atoms with Gasteiger partial charge in [0.2, 0.25) is 0 Å². The minimum Gasteiger partial charge on any atom is -0.508 e. The van der Waals surface area contributed by atoms with Crippen LogP contribution in [0.4, 0.5) is 22.7 Å². The van der Waals surface area contributed by atoms with Crippen molar-refractivity contribution in [1.82, 2.24) is 0 Å². The van der Waals surface area contributed by atoms with Crippen molar-refractivity contribution in [3.05, 3.63) is 96.1 Å². The topological polar surface area (TPSA) is 199 Å². The lowest BCUT2D eigenvalue weighted by Crippen LogP contribution is -1.99. The summed E-state index contributed by atoms with van der Waals surface area (Å²) in [6.45, 7) is 0. The first kappa shape index (κ1) is 28.3. The molecule has 0 heterocycles. The van der Waals surface area contributed by atoms with Crippen molar-refractivity contribution in [2.45, 2.75) is 9.79 Å². The minimum atomic E-state index is -4.69. The van der Waals surface area contributed by atoms with E-state index in [0.717, 1.165) is 12.1 Å². The molecule has 4 aromatic rings. The largest absolute Gasteiger partial charge is 0.508 e. The summed E-state index contributed by atoms with van der Waals surface area (Å²) in [5.74, 6) is 0.0380. The molecule has 4 N–H and O–H groups in total. The van der Waals surface area contributed by atoms with Gasteiger partial charge in [0, 0.05) is 0 Å². The Morgan fingerprint density at radius 3 is 1.18 bits per heavy atom. The number of hydrogen-bond donors (Lipinski definition) is 4. The van der Waals surface area contributed by atoms with Crippen molar-refractivity contribution in [3.8, 4) is 11.5 Å². The molecule has 0 spiro atoms. The molecule has 0 unspecified atom stereocenters. The summed E-state index contributed by atoms with van der Waals surface area (Å²) in [4.78, 5) is -1.03. The Hall–Kier alpha value is -4.76. The smallest absolute Gasteiger partial charge is 0.296 e. The lowest BCUT2D eigenvalue weighted by Gasteiger charge is -2.05. The molecule has 4 aromatic carbocycles. The number of phenols is 2. The number of phenolic OH excluding ortho intramolecular Hbond substituents is 2. The molecule has 0 amide bonds. The fraction of sp³-hybridized carbons (Fsp3) is 0. The van der Waals surface area contributed by atoms with Crippen molar-refractivity contribution in [2.75, 3.05) is 0 Å². The van der Waals surface area contributed by atoms with Gasteiger partial charge in [-0.1, -0.05) is 24.3 Å². The van der Waals surface area contributed by atoms with E-state index >= 15 is 0 Å². The van der Waals surface area contributed by atoms with Crippen LogP contribution >= 0.6 is 0 Å². The number of aromatic hydroxyl groups is 2. The van der Waals surface area contributed by atoms with Gasteiger partial charge in [-0.05, 0) is 83.9 Å². The Labute approximate surface area is 228 Å². The summed E-state index contributed by atoms with van der Waals surface area (Å²) in [6.07, 6.45) is 2.91.